The number of aromatic nitrogens is 5. The molecule has 0 atom stereocenters. The highest BCUT2D eigenvalue weighted by Gasteiger charge is 2.21. The molecule has 0 saturated carbocycles. The molecule has 0 bridgehead atoms. The van der Waals surface area contributed by atoms with E-state index in [4.69, 9.17) is 28.8 Å². The fourth-order valence-electron chi connectivity index (χ4n) is 11.4. The monoisotopic (exact) mass is 1240 g/mol. The van der Waals surface area contributed by atoms with Crippen LogP contribution < -0.4 is 0 Å². The van der Waals surface area contributed by atoms with E-state index in [1.807, 2.05) is 223 Å². The predicted molar refractivity (Wildman–Crippen MR) is 400 cm³/mol. The number of nitrogens with zero attached hydrogens (tertiary/aromatic N) is 5. The maximum absolute atomic E-state index is 8.76. The summed E-state index contributed by atoms with van der Waals surface area (Å²) in [6.07, 6.45) is 3.20. The number of hydrogen-bond acceptors (Lipinski definition) is 0. The molecule has 0 amide bonds. The van der Waals surface area contributed by atoms with E-state index >= 15 is 0 Å². The first-order chi connectivity index (χ1) is 54.8. The van der Waals surface area contributed by atoms with Crippen molar-refractivity contribution in [3.8, 4) is 45.1 Å². The molecular formula is C89H77N5. The third-order valence-electron chi connectivity index (χ3n) is 15.8. The fourth-order valence-corrected chi connectivity index (χ4v) is 11.4. The van der Waals surface area contributed by atoms with Crippen LogP contribution in [0.4, 0.5) is 0 Å². The molecule has 0 N–H and O–H groups in total. The number of hydrogen-bond donors (Lipinski definition) is 0. The molecule has 0 aliphatic rings. The topological polar surface area (TPSA) is 24.6 Å². The lowest BCUT2D eigenvalue weighted by atomic mass is 9.87. The Morgan fingerprint density at radius 2 is 0.830 bits per heavy atom. The lowest BCUT2D eigenvalue weighted by Gasteiger charge is -2.17. The van der Waals surface area contributed by atoms with Crippen molar-refractivity contribution in [3.05, 3.63) is 387 Å². The summed E-state index contributed by atoms with van der Waals surface area (Å²) in [6.45, 7) is -11.9. The minimum Gasteiger partial charge on any atom is -0.340 e. The minimum atomic E-state index is -3.30. The summed E-state index contributed by atoms with van der Waals surface area (Å²) in [5, 5.41) is 3.20. The molecule has 17 aromatic rings. The summed E-state index contributed by atoms with van der Waals surface area (Å²) < 4.78 is 179. The van der Waals surface area contributed by atoms with Gasteiger partial charge in [-0.1, -0.05) is 275 Å². The Labute approximate surface area is 582 Å². The van der Waals surface area contributed by atoms with E-state index < -0.39 is 39.3 Å². The number of fused-ring (bicyclic) bond motifs is 5. The largest absolute Gasteiger partial charge is 0.340 e. The molecule has 5 heteroatoms. The summed E-state index contributed by atoms with van der Waals surface area (Å²) in [5.41, 5.74) is 8.62. The van der Waals surface area contributed by atoms with Crippen molar-refractivity contribution >= 4 is 54.5 Å². The van der Waals surface area contributed by atoms with E-state index in [0.717, 1.165) is 60.9 Å². The summed E-state index contributed by atoms with van der Waals surface area (Å²) in [4.78, 5) is 0. The molecule has 0 unspecified atom stereocenters. The van der Waals surface area contributed by atoms with Crippen molar-refractivity contribution in [1.29, 1.82) is 0 Å². The van der Waals surface area contributed by atoms with Crippen LogP contribution in [0, 0.1) is 13.8 Å². The third kappa shape index (κ3) is 13.5. The van der Waals surface area contributed by atoms with Crippen LogP contribution in [0.15, 0.2) is 364 Å². The van der Waals surface area contributed by atoms with Crippen LogP contribution in [-0.2, 0) is 11.9 Å². The molecule has 458 valence electrons. The smallest absolute Gasteiger partial charge is 0.0829 e. The van der Waals surface area contributed by atoms with Gasteiger partial charge < -0.3 is 22.8 Å². The molecule has 5 aromatic heterocycles. The Kier molecular flexibility index (Phi) is 12.3. The lowest BCUT2D eigenvalue weighted by Crippen LogP contribution is -2.10. The zero-order valence-corrected chi connectivity index (χ0v) is 51.3. The second kappa shape index (κ2) is 28.2. The third-order valence-corrected chi connectivity index (χ3v) is 15.8. The Morgan fingerprint density at radius 3 is 1.41 bits per heavy atom. The molecule has 0 fully saturated rings. The van der Waals surface area contributed by atoms with Gasteiger partial charge >= 0.3 is 0 Å². The second-order valence-electron chi connectivity index (χ2n) is 22.1. The van der Waals surface area contributed by atoms with Crippen molar-refractivity contribution in [2.45, 2.75) is 46.2 Å². The van der Waals surface area contributed by atoms with E-state index in [1.54, 1.807) is 87.5 Å². The fraction of sp³-hybridized carbons (Fsp3) is 0.0787. The Morgan fingerprint density at radius 1 is 0.383 bits per heavy atom. The van der Waals surface area contributed by atoms with Gasteiger partial charge in [0, 0.05) is 103 Å². The number of benzene rings is 12. The van der Waals surface area contributed by atoms with Gasteiger partial charge in [0.05, 0.1) is 40.1 Å². The van der Waals surface area contributed by atoms with Gasteiger partial charge in [-0.3, -0.25) is 0 Å². The minimum absolute atomic E-state index is 0.122. The van der Waals surface area contributed by atoms with Gasteiger partial charge in [-0.2, -0.15) is 0 Å². The number of rotatable bonds is 8. The molecule has 0 saturated heterocycles. The van der Waals surface area contributed by atoms with Gasteiger partial charge in [0.25, 0.3) is 0 Å². The van der Waals surface area contributed by atoms with Crippen molar-refractivity contribution in [3.63, 3.8) is 0 Å². The highest BCUT2D eigenvalue weighted by Crippen LogP contribution is 2.36. The average Bonchev–Trinajstić information content (AvgIpc) is 1.68. The van der Waals surface area contributed by atoms with Crippen LogP contribution in [-0.4, -0.2) is 22.8 Å². The maximum Gasteiger partial charge on any atom is 0.0829 e. The van der Waals surface area contributed by atoms with Crippen molar-refractivity contribution in [2.75, 3.05) is 0 Å². The Hall–Kier alpha value is -11.7. The van der Waals surface area contributed by atoms with Crippen LogP contribution in [0.5, 0.6) is 0 Å². The zero-order valence-electron chi connectivity index (χ0n) is 72.3. The van der Waals surface area contributed by atoms with Crippen molar-refractivity contribution in [1.82, 2.24) is 22.8 Å². The molecule has 0 radical (unpaired) electrons. The summed E-state index contributed by atoms with van der Waals surface area (Å²) >= 11 is 0. The summed E-state index contributed by atoms with van der Waals surface area (Å²) in [7, 11) is 0. The quantitative estimate of drug-likeness (QED) is 0.145. The van der Waals surface area contributed by atoms with E-state index in [2.05, 4.69) is 34.9 Å². The standard InChI is InChI=1S/2C20H15N.C18H19N.C16H15N.C15H13N/c1-3-9-16(10-4-1)20-15-17-11-7-8-14-19(17)21(20)18-12-5-2-6-13-18;1-3-9-16(10-4-1)19-15-21(17-11-5-2-6-12-17)20-14-8-7-13-18(19)20;1-18(2,3)16-13-19(14-9-5-4-6-10-14)17-12-8-7-11-15(16)17;1-13-11-15-9-5-6-10-16(15)17(13)12-14-7-3-2-4-8-14;1-12-11-16(13-7-3-2-4-8-13)15-10-6-5-9-14(12)15/h2*1-15H;4-13H,1-3H3;2-11H,12H2,1H3;2-11H,1H3/i15D;7D,8D,13D,14D,15D;1D3,2D3,3D3;11D,12D2;1D3. The van der Waals surface area contributed by atoms with E-state index in [-0.39, 0.29) is 41.3 Å². The predicted octanol–water partition coefficient (Wildman–Crippen LogP) is 23.5. The first-order valence-electron chi connectivity index (χ1n) is 41.2. The average molecular weight is 1240 g/mol. The highest BCUT2D eigenvalue weighted by molar-refractivity contribution is 5.97. The van der Waals surface area contributed by atoms with Gasteiger partial charge in [-0.05, 0) is 143 Å². The first kappa shape index (κ1) is 41.0. The number of aryl methyl sites for hydroxylation is 1. The SMILES string of the molecule is [2H]C([2H])([2H])C(c1cn(-c2ccccc2)c2ccccc12)(C([2H])([2H])[2H])C([2H])([2H])[2H].[2H]C([2H])([2H])c1cn(-c2ccccc2)c2ccccc12.[2H]c1c(-c2ccccc2)n(-c2ccccc2)c2ccccc12.[2H]c1c(C)n(C([2H])([2H])c2ccccc2)c2ccccc12.[2H]c1c([2H])c([2H])c2c(c1[2H])c(-c1ccccc1)c([2H])n2-c1ccccc1. The van der Waals surface area contributed by atoms with E-state index in [9.17, 15) is 0 Å². The van der Waals surface area contributed by atoms with Crippen LogP contribution >= 0.6 is 0 Å². The van der Waals surface area contributed by atoms with Gasteiger partial charge in [0.1, 0.15) is 0 Å². The number of para-hydroxylation sites is 9. The Bertz CT molecular complexity index is 6140. The summed E-state index contributed by atoms with van der Waals surface area (Å²) in [5.74, 6) is 0. The van der Waals surface area contributed by atoms with Crippen LogP contribution in [0.1, 0.15) is 71.7 Å². The molecule has 5 heterocycles. The van der Waals surface area contributed by atoms with E-state index in [0.29, 0.717) is 62.3 Å². The molecule has 17 rings (SSSR count). The lowest BCUT2D eigenvalue weighted by molar-refractivity contribution is 0.594. The zero-order chi connectivity index (χ0) is 82.1. The van der Waals surface area contributed by atoms with Crippen molar-refractivity contribution < 1.29 is 28.8 Å². The van der Waals surface area contributed by atoms with Crippen LogP contribution in [0.3, 0.4) is 0 Å². The molecule has 5 nitrogen and oxygen atoms in total. The summed E-state index contributed by atoms with van der Waals surface area (Å²) in [6, 6.07) is 96.6. The molecule has 12 aromatic carbocycles. The van der Waals surface area contributed by atoms with Gasteiger partial charge in [0.15, 0.2) is 0 Å². The van der Waals surface area contributed by atoms with Gasteiger partial charge in [-0.25, -0.2) is 0 Å². The second-order valence-corrected chi connectivity index (χ2v) is 22.1. The van der Waals surface area contributed by atoms with Crippen LogP contribution in [0.25, 0.3) is 99.6 Å². The molecular weight excluding hydrogens is 1140 g/mol. The molecule has 94 heavy (non-hydrogen) atoms. The van der Waals surface area contributed by atoms with Crippen LogP contribution in [0.2, 0.25) is 0 Å². The van der Waals surface area contributed by atoms with Gasteiger partial charge in [-0.15, -0.1) is 0 Å². The maximum atomic E-state index is 8.76. The Balaban J connectivity index is 0.000000126. The van der Waals surface area contributed by atoms with Gasteiger partial charge in [0.2, 0.25) is 0 Å². The molecule has 0 spiro atoms. The molecule has 0 aliphatic heterocycles. The molecule has 0 aliphatic carbocycles. The highest BCUT2D eigenvalue weighted by atomic mass is 15.0. The van der Waals surface area contributed by atoms with Crippen molar-refractivity contribution in [2.24, 2.45) is 0 Å². The first-order valence-corrected chi connectivity index (χ1v) is 30.7. The van der Waals surface area contributed by atoms with E-state index in [1.165, 1.54) is 6.20 Å². The normalized spacial score (nSPS) is 15.0.